The van der Waals surface area contributed by atoms with E-state index >= 15 is 0 Å². The Kier molecular flexibility index (Phi) is 3.04. The van der Waals surface area contributed by atoms with Crippen molar-refractivity contribution in [2.45, 2.75) is 50.4 Å². The van der Waals surface area contributed by atoms with Crippen LogP contribution in [0.2, 0.25) is 0 Å². The summed E-state index contributed by atoms with van der Waals surface area (Å²) in [6, 6.07) is 3.97. The smallest absolute Gasteiger partial charge is 0.395 e. The van der Waals surface area contributed by atoms with Crippen molar-refractivity contribution in [2.75, 3.05) is 5.32 Å². The number of carbonyl (C=O) groups excluding carboxylic acids is 1. The van der Waals surface area contributed by atoms with Crippen LogP contribution in [0.4, 0.5) is 19.3 Å². The molecule has 0 unspecified atom stereocenters. The van der Waals surface area contributed by atoms with Gasteiger partial charge >= 0.3 is 12.3 Å². The first-order valence-corrected chi connectivity index (χ1v) is 8.87. The highest BCUT2D eigenvalue weighted by Gasteiger charge is 2.51. The lowest BCUT2D eigenvalue weighted by molar-refractivity contribution is -0.286. The second-order valence-corrected chi connectivity index (χ2v) is 8.11. The predicted molar refractivity (Wildman–Crippen MR) is 85.7 cm³/mol. The van der Waals surface area contributed by atoms with Gasteiger partial charge in [0.1, 0.15) is 0 Å². The highest BCUT2D eigenvalue weighted by atomic mass is 19.3. The number of hydrogen-bond donors (Lipinski definition) is 2. The van der Waals surface area contributed by atoms with Crippen molar-refractivity contribution >= 4 is 11.7 Å². The summed E-state index contributed by atoms with van der Waals surface area (Å²) < 4.78 is 34.9. The van der Waals surface area contributed by atoms with Gasteiger partial charge < -0.3 is 20.1 Å². The molecule has 2 N–H and O–H groups in total. The quantitative estimate of drug-likeness (QED) is 0.844. The molecule has 0 spiro atoms. The monoisotopic (exact) mass is 350 g/mol. The summed E-state index contributed by atoms with van der Waals surface area (Å²) in [5.41, 5.74) is 0.310. The third-order valence-electron chi connectivity index (χ3n) is 6.08. The summed E-state index contributed by atoms with van der Waals surface area (Å²) in [4.78, 5) is 12.5. The Hall–Kier alpha value is -2.05. The molecule has 4 fully saturated rings. The van der Waals surface area contributed by atoms with Gasteiger partial charge in [0.05, 0.1) is 0 Å². The number of anilines is 1. The van der Waals surface area contributed by atoms with Gasteiger partial charge in [-0.05, 0) is 68.4 Å². The second-order valence-electron chi connectivity index (χ2n) is 8.11. The number of ether oxygens (including phenoxy) is 2. The molecule has 4 aliphatic carbocycles. The van der Waals surface area contributed by atoms with Crippen molar-refractivity contribution in [2.24, 2.45) is 17.8 Å². The molecule has 1 aliphatic heterocycles. The first kappa shape index (κ1) is 15.2. The number of nitrogens with one attached hydrogen (secondary N) is 2. The van der Waals surface area contributed by atoms with E-state index in [1.54, 1.807) is 0 Å². The fraction of sp³-hybridized carbons (Fsp3) is 0.611. The van der Waals surface area contributed by atoms with Crippen LogP contribution in [-0.2, 0) is 0 Å². The zero-order chi connectivity index (χ0) is 17.2. The maximum Gasteiger partial charge on any atom is 0.586 e. The number of benzene rings is 1. The molecule has 2 amide bonds. The Bertz CT molecular complexity index is 702. The fourth-order valence-corrected chi connectivity index (χ4v) is 5.69. The largest absolute Gasteiger partial charge is 0.586 e. The minimum Gasteiger partial charge on any atom is -0.395 e. The van der Waals surface area contributed by atoms with E-state index < -0.39 is 6.29 Å². The van der Waals surface area contributed by atoms with Crippen molar-refractivity contribution in [3.05, 3.63) is 18.2 Å². The summed E-state index contributed by atoms with van der Waals surface area (Å²) in [5.74, 6) is 2.10. The van der Waals surface area contributed by atoms with E-state index in [-0.39, 0.29) is 23.1 Å². The van der Waals surface area contributed by atoms with Crippen LogP contribution in [0.3, 0.4) is 0 Å². The van der Waals surface area contributed by atoms with E-state index in [1.165, 1.54) is 37.5 Å². The summed E-state index contributed by atoms with van der Waals surface area (Å²) >= 11 is 0. The van der Waals surface area contributed by atoms with Crippen molar-refractivity contribution < 1.29 is 23.0 Å². The topological polar surface area (TPSA) is 59.6 Å². The van der Waals surface area contributed by atoms with Crippen LogP contribution in [0.15, 0.2) is 18.2 Å². The second kappa shape index (κ2) is 4.99. The SMILES string of the molecule is O=C(Nc1ccc2c(c1)OC(F)(F)O2)NC12CC3CC(CC(C3)C1)C2. The normalized spacial score (nSPS) is 36.3. The lowest BCUT2D eigenvalue weighted by atomic mass is 9.53. The first-order valence-electron chi connectivity index (χ1n) is 8.87. The minimum absolute atomic E-state index is 0.0305. The number of halogens is 2. The van der Waals surface area contributed by atoms with Crippen LogP contribution in [0.25, 0.3) is 0 Å². The molecular weight excluding hydrogens is 330 g/mol. The van der Waals surface area contributed by atoms with Crippen LogP contribution in [0.1, 0.15) is 38.5 Å². The molecule has 5 nitrogen and oxygen atoms in total. The Labute approximate surface area is 144 Å². The number of fused-ring (bicyclic) bond motifs is 1. The van der Waals surface area contributed by atoms with Gasteiger partial charge in [0.2, 0.25) is 0 Å². The number of amides is 2. The Balaban J connectivity index is 1.27. The molecule has 6 rings (SSSR count). The first-order chi connectivity index (χ1) is 11.9. The number of hydrogen-bond acceptors (Lipinski definition) is 3. The Morgan fingerprint density at radius 3 is 2.24 bits per heavy atom. The fourth-order valence-electron chi connectivity index (χ4n) is 5.69. The number of alkyl halides is 2. The molecule has 4 bridgehead atoms. The zero-order valence-electron chi connectivity index (χ0n) is 13.7. The lowest BCUT2D eigenvalue weighted by Gasteiger charge is -2.56. The summed E-state index contributed by atoms with van der Waals surface area (Å²) in [6.45, 7) is 0. The van der Waals surface area contributed by atoms with E-state index in [9.17, 15) is 13.6 Å². The molecule has 5 aliphatic rings. The highest BCUT2D eigenvalue weighted by molar-refractivity contribution is 5.90. The van der Waals surface area contributed by atoms with Gasteiger partial charge in [0.15, 0.2) is 11.5 Å². The van der Waals surface area contributed by atoms with Gasteiger partial charge in [0, 0.05) is 17.3 Å². The third-order valence-corrected chi connectivity index (χ3v) is 6.08. The molecule has 25 heavy (non-hydrogen) atoms. The van der Waals surface area contributed by atoms with Gasteiger partial charge in [-0.25, -0.2) is 4.79 Å². The average Bonchev–Trinajstić information content (AvgIpc) is 2.78. The standard InChI is InChI=1S/C18H20F2N2O3/c19-18(20)24-14-2-1-13(6-15(14)25-18)21-16(23)22-17-7-10-3-11(8-17)5-12(4-10)9-17/h1-2,6,10-12H,3-5,7-9H2,(H2,21,22,23). The van der Waals surface area contributed by atoms with E-state index in [1.807, 2.05) is 0 Å². The van der Waals surface area contributed by atoms with Crippen molar-refractivity contribution in [3.63, 3.8) is 0 Å². The molecule has 4 saturated carbocycles. The van der Waals surface area contributed by atoms with Gasteiger partial charge in [-0.1, -0.05) is 0 Å². The maximum atomic E-state index is 13.1. The van der Waals surface area contributed by atoms with Crippen LogP contribution in [0.5, 0.6) is 11.5 Å². The van der Waals surface area contributed by atoms with Crippen LogP contribution in [0, 0.1) is 17.8 Å². The van der Waals surface area contributed by atoms with Crippen LogP contribution < -0.4 is 20.1 Å². The highest BCUT2D eigenvalue weighted by Crippen LogP contribution is 2.55. The zero-order valence-corrected chi connectivity index (χ0v) is 13.7. The van der Waals surface area contributed by atoms with E-state index in [4.69, 9.17) is 0 Å². The average molecular weight is 350 g/mol. The van der Waals surface area contributed by atoms with E-state index in [0.717, 1.165) is 37.0 Å². The molecule has 1 aromatic carbocycles. The predicted octanol–water partition coefficient (Wildman–Crippen LogP) is 4.10. The number of urea groups is 1. The maximum absolute atomic E-state index is 13.1. The Morgan fingerprint density at radius 1 is 1.00 bits per heavy atom. The molecule has 0 aromatic heterocycles. The Morgan fingerprint density at radius 2 is 1.60 bits per heavy atom. The molecule has 0 saturated heterocycles. The molecule has 1 heterocycles. The summed E-state index contributed by atoms with van der Waals surface area (Å²) in [6.07, 6.45) is 3.43. The summed E-state index contributed by atoms with van der Waals surface area (Å²) in [5, 5.41) is 5.93. The lowest BCUT2D eigenvalue weighted by Crippen LogP contribution is -2.60. The summed E-state index contributed by atoms with van der Waals surface area (Å²) in [7, 11) is 0. The molecule has 0 atom stereocenters. The number of rotatable bonds is 2. The molecule has 0 radical (unpaired) electrons. The van der Waals surface area contributed by atoms with Gasteiger partial charge in [-0.3, -0.25) is 0 Å². The van der Waals surface area contributed by atoms with Crippen LogP contribution in [-0.4, -0.2) is 17.9 Å². The van der Waals surface area contributed by atoms with E-state index in [2.05, 4.69) is 20.1 Å². The molecule has 1 aromatic rings. The van der Waals surface area contributed by atoms with Crippen LogP contribution >= 0.6 is 0 Å². The molecular formula is C18H20F2N2O3. The van der Waals surface area contributed by atoms with Gasteiger partial charge in [-0.15, -0.1) is 8.78 Å². The van der Waals surface area contributed by atoms with Crippen molar-refractivity contribution in [1.29, 1.82) is 0 Å². The minimum atomic E-state index is -3.65. The number of carbonyl (C=O) groups is 1. The van der Waals surface area contributed by atoms with E-state index in [0.29, 0.717) is 5.69 Å². The van der Waals surface area contributed by atoms with Crippen molar-refractivity contribution in [3.8, 4) is 11.5 Å². The van der Waals surface area contributed by atoms with Crippen molar-refractivity contribution in [1.82, 2.24) is 5.32 Å². The molecule has 7 heteroatoms. The molecule has 134 valence electrons. The van der Waals surface area contributed by atoms with Gasteiger partial charge in [0.25, 0.3) is 0 Å². The third kappa shape index (κ3) is 2.69. The van der Waals surface area contributed by atoms with Gasteiger partial charge in [-0.2, -0.15) is 0 Å².